The summed E-state index contributed by atoms with van der Waals surface area (Å²) in [6.45, 7) is 5.22. The second kappa shape index (κ2) is 7.48. The van der Waals surface area contributed by atoms with Crippen LogP contribution >= 0.6 is 24.0 Å². The molecule has 2 aliphatic heterocycles. The minimum atomic E-state index is 0.261. The van der Waals surface area contributed by atoms with Crippen LogP contribution in [0.4, 0.5) is 0 Å². The van der Waals surface area contributed by atoms with E-state index in [-0.39, 0.29) is 5.91 Å². The highest BCUT2D eigenvalue weighted by Gasteiger charge is 2.24. The number of hydrogen-bond donors (Lipinski definition) is 0. The summed E-state index contributed by atoms with van der Waals surface area (Å²) >= 11 is 6.99. The van der Waals surface area contributed by atoms with Gasteiger partial charge in [0.15, 0.2) is 0 Å². The molecule has 19 heavy (non-hydrogen) atoms. The monoisotopic (exact) mass is 300 g/mol. The number of hydrogen-bond acceptors (Lipinski definition) is 3. The van der Waals surface area contributed by atoms with Crippen molar-refractivity contribution in [3.05, 3.63) is 0 Å². The van der Waals surface area contributed by atoms with Crippen LogP contribution in [-0.4, -0.2) is 51.5 Å². The smallest absolute Gasteiger partial charge is 0.233 e. The Labute approximate surface area is 126 Å². The second-order valence-corrected chi connectivity index (χ2v) is 7.14. The lowest BCUT2D eigenvalue weighted by Crippen LogP contribution is -2.43. The number of amides is 1. The first-order valence-corrected chi connectivity index (χ1v) is 8.79. The molecule has 0 saturated carbocycles. The summed E-state index contributed by atoms with van der Waals surface area (Å²) in [5.41, 5.74) is 0. The normalized spacial score (nSPS) is 24.4. The zero-order chi connectivity index (χ0) is 13.7. The van der Waals surface area contributed by atoms with E-state index in [2.05, 4.69) is 11.8 Å². The van der Waals surface area contributed by atoms with E-state index in [1.807, 2.05) is 4.90 Å². The Bertz CT molecular complexity index is 329. The Morgan fingerprint density at radius 3 is 2.53 bits per heavy atom. The van der Waals surface area contributed by atoms with Crippen molar-refractivity contribution in [1.82, 2.24) is 9.80 Å². The molecule has 3 nitrogen and oxygen atoms in total. The molecule has 2 saturated heterocycles. The molecule has 0 aromatic heterocycles. The molecule has 0 bridgehead atoms. The van der Waals surface area contributed by atoms with E-state index in [9.17, 15) is 4.79 Å². The van der Waals surface area contributed by atoms with Crippen LogP contribution in [0.5, 0.6) is 0 Å². The number of carbonyl (C=O) groups is 1. The maximum Gasteiger partial charge on any atom is 0.233 e. The van der Waals surface area contributed by atoms with Crippen molar-refractivity contribution < 1.29 is 4.79 Å². The first-order valence-electron chi connectivity index (χ1n) is 7.39. The number of piperidine rings is 2. The van der Waals surface area contributed by atoms with Gasteiger partial charge in [0, 0.05) is 25.7 Å². The van der Waals surface area contributed by atoms with Crippen LogP contribution in [0.1, 0.15) is 45.4 Å². The Morgan fingerprint density at radius 1 is 1.16 bits per heavy atom. The number of carbonyl (C=O) groups excluding carboxylic acids is 1. The van der Waals surface area contributed by atoms with Crippen molar-refractivity contribution in [2.24, 2.45) is 0 Å². The minimum Gasteiger partial charge on any atom is -0.358 e. The number of rotatable bonds is 2. The lowest BCUT2D eigenvalue weighted by molar-refractivity contribution is -0.131. The molecule has 0 spiro atoms. The number of thioether (sulfide) groups is 1. The number of nitrogens with zero attached hydrogens (tertiary/aromatic N) is 2. The summed E-state index contributed by atoms with van der Waals surface area (Å²) in [4.78, 5) is 16.5. The standard InChI is InChI=1S/C14H24N2OS2/c1-12-7-3-6-10-16(12)13(17)11-19-14(18)15-8-4-2-5-9-15/h12H,2-11H2,1H3. The third-order valence-corrected chi connectivity index (χ3v) is 5.56. The first-order chi connectivity index (χ1) is 9.18. The molecule has 0 aromatic rings. The van der Waals surface area contributed by atoms with Crippen molar-refractivity contribution in [3.63, 3.8) is 0 Å². The van der Waals surface area contributed by atoms with Crippen molar-refractivity contribution in [3.8, 4) is 0 Å². The Kier molecular flexibility index (Phi) is 5.95. The van der Waals surface area contributed by atoms with Gasteiger partial charge in [0.1, 0.15) is 4.32 Å². The van der Waals surface area contributed by atoms with Crippen LogP contribution in [0.15, 0.2) is 0 Å². The quantitative estimate of drug-likeness (QED) is 0.732. The van der Waals surface area contributed by atoms with Crippen LogP contribution in [0.25, 0.3) is 0 Å². The molecule has 2 rings (SSSR count). The van der Waals surface area contributed by atoms with Crippen LogP contribution in [0, 0.1) is 0 Å². The fourth-order valence-corrected chi connectivity index (χ4v) is 3.98. The zero-order valence-electron chi connectivity index (χ0n) is 11.8. The molecule has 0 aromatic carbocycles. The Morgan fingerprint density at radius 2 is 1.84 bits per heavy atom. The van der Waals surface area contributed by atoms with E-state index in [1.54, 1.807) is 11.8 Å². The van der Waals surface area contributed by atoms with Crippen LogP contribution < -0.4 is 0 Å². The number of thiocarbonyl (C=S) groups is 1. The topological polar surface area (TPSA) is 23.6 Å². The fourth-order valence-electron chi connectivity index (χ4n) is 2.84. The van der Waals surface area contributed by atoms with Gasteiger partial charge in [-0.2, -0.15) is 0 Å². The van der Waals surface area contributed by atoms with Crippen LogP contribution in [0.3, 0.4) is 0 Å². The molecular formula is C14H24N2OS2. The second-order valence-electron chi connectivity index (χ2n) is 5.53. The largest absolute Gasteiger partial charge is 0.358 e. The van der Waals surface area contributed by atoms with Crippen LogP contribution in [-0.2, 0) is 4.79 Å². The van der Waals surface area contributed by atoms with E-state index in [4.69, 9.17) is 12.2 Å². The minimum absolute atomic E-state index is 0.261. The molecule has 1 unspecified atom stereocenters. The molecule has 2 aliphatic rings. The summed E-state index contributed by atoms with van der Waals surface area (Å²) in [6.07, 6.45) is 7.33. The van der Waals surface area contributed by atoms with E-state index >= 15 is 0 Å². The lowest BCUT2D eigenvalue weighted by Gasteiger charge is -2.34. The molecule has 0 radical (unpaired) electrons. The van der Waals surface area contributed by atoms with Gasteiger partial charge in [0.05, 0.1) is 5.75 Å². The molecule has 0 N–H and O–H groups in total. The third kappa shape index (κ3) is 4.35. The summed E-state index contributed by atoms with van der Waals surface area (Å²) in [5, 5.41) is 0. The van der Waals surface area contributed by atoms with Crippen molar-refractivity contribution in [2.75, 3.05) is 25.4 Å². The predicted octanol–water partition coefficient (Wildman–Crippen LogP) is 2.89. The van der Waals surface area contributed by atoms with Crippen molar-refractivity contribution in [1.29, 1.82) is 0 Å². The highest BCUT2D eigenvalue weighted by atomic mass is 32.2. The molecular weight excluding hydrogens is 276 g/mol. The van der Waals surface area contributed by atoms with Gasteiger partial charge in [0.2, 0.25) is 5.91 Å². The average Bonchev–Trinajstić information content (AvgIpc) is 2.46. The van der Waals surface area contributed by atoms with Gasteiger partial charge >= 0.3 is 0 Å². The molecule has 108 valence electrons. The van der Waals surface area contributed by atoms with E-state index in [0.717, 1.165) is 36.8 Å². The fraction of sp³-hybridized carbons (Fsp3) is 0.857. The SMILES string of the molecule is CC1CCCCN1C(=O)CSC(=S)N1CCCCC1. The molecule has 2 fully saturated rings. The van der Waals surface area contributed by atoms with Gasteiger partial charge in [-0.3, -0.25) is 4.79 Å². The molecule has 0 aliphatic carbocycles. The molecule has 2 heterocycles. The summed E-state index contributed by atoms with van der Waals surface area (Å²) < 4.78 is 0.915. The zero-order valence-corrected chi connectivity index (χ0v) is 13.4. The maximum absolute atomic E-state index is 12.2. The van der Waals surface area contributed by atoms with Gasteiger partial charge < -0.3 is 9.80 Å². The number of likely N-dealkylation sites (tertiary alicyclic amines) is 2. The lowest BCUT2D eigenvalue weighted by atomic mass is 10.0. The first kappa shape index (κ1) is 15.1. The van der Waals surface area contributed by atoms with Crippen LogP contribution in [0.2, 0.25) is 0 Å². The summed E-state index contributed by atoms with van der Waals surface area (Å²) in [5.74, 6) is 0.774. The van der Waals surface area contributed by atoms with E-state index < -0.39 is 0 Å². The van der Waals surface area contributed by atoms with Gasteiger partial charge in [-0.1, -0.05) is 24.0 Å². The highest BCUT2D eigenvalue weighted by Crippen LogP contribution is 2.20. The van der Waals surface area contributed by atoms with Gasteiger partial charge in [-0.25, -0.2) is 0 Å². The average molecular weight is 300 g/mol. The highest BCUT2D eigenvalue weighted by molar-refractivity contribution is 8.23. The van der Waals surface area contributed by atoms with Crippen molar-refractivity contribution in [2.45, 2.75) is 51.5 Å². The summed E-state index contributed by atoms with van der Waals surface area (Å²) in [7, 11) is 0. The van der Waals surface area contributed by atoms with Gasteiger partial charge in [-0.15, -0.1) is 0 Å². The van der Waals surface area contributed by atoms with E-state index in [0.29, 0.717) is 11.8 Å². The Hall–Kier alpha value is -0.290. The van der Waals surface area contributed by atoms with Gasteiger partial charge in [0.25, 0.3) is 0 Å². The van der Waals surface area contributed by atoms with Crippen molar-refractivity contribution >= 4 is 34.2 Å². The third-order valence-electron chi connectivity index (χ3n) is 4.06. The molecule has 5 heteroatoms. The Balaban J connectivity index is 1.74. The maximum atomic E-state index is 12.2. The predicted molar refractivity (Wildman–Crippen MR) is 85.5 cm³/mol. The molecule has 1 amide bonds. The summed E-state index contributed by atoms with van der Waals surface area (Å²) in [6, 6.07) is 0.408. The van der Waals surface area contributed by atoms with E-state index in [1.165, 1.54) is 25.7 Å². The van der Waals surface area contributed by atoms with Gasteiger partial charge in [-0.05, 0) is 45.4 Å². The molecule has 1 atom stereocenters.